The standard InChI is InChI=1S/C13H21ClN2O3S/c1-10(2)19-7-6-16(3)20(17,18)12-5-4-11(9-15)13(14)8-12/h4-5,8,10H,6-7,9,15H2,1-3H3. The van der Waals surface area contributed by atoms with E-state index in [1.807, 2.05) is 13.8 Å². The number of benzene rings is 1. The minimum atomic E-state index is -3.56. The van der Waals surface area contributed by atoms with Crippen LogP contribution in [0.2, 0.25) is 5.02 Å². The highest BCUT2D eigenvalue weighted by molar-refractivity contribution is 7.89. The number of hydrogen-bond donors (Lipinski definition) is 1. The zero-order valence-electron chi connectivity index (χ0n) is 12.0. The minimum absolute atomic E-state index is 0.0735. The number of ether oxygens (including phenoxy) is 1. The molecule has 20 heavy (non-hydrogen) atoms. The van der Waals surface area contributed by atoms with E-state index in [1.54, 1.807) is 6.07 Å². The fraction of sp³-hybridized carbons (Fsp3) is 0.538. The first-order valence-corrected chi connectivity index (χ1v) is 8.17. The van der Waals surface area contributed by atoms with Crippen LogP contribution in [0.5, 0.6) is 0 Å². The summed E-state index contributed by atoms with van der Waals surface area (Å²) in [6, 6.07) is 4.58. The largest absolute Gasteiger partial charge is 0.377 e. The van der Waals surface area contributed by atoms with Crippen molar-refractivity contribution in [3.63, 3.8) is 0 Å². The Bertz CT molecular complexity index is 547. The van der Waals surface area contributed by atoms with Gasteiger partial charge in [-0.2, -0.15) is 4.31 Å². The normalized spacial score (nSPS) is 12.3. The first-order valence-electron chi connectivity index (χ1n) is 6.35. The molecule has 0 spiro atoms. The van der Waals surface area contributed by atoms with E-state index in [1.165, 1.54) is 23.5 Å². The number of sulfonamides is 1. The van der Waals surface area contributed by atoms with Crippen molar-refractivity contribution in [2.45, 2.75) is 31.4 Å². The maximum absolute atomic E-state index is 12.3. The van der Waals surface area contributed by atoms with Crippen molar-refractivity contribution < 1.29 is 13.2 Å². The Morgan fingerprint density at radius 3 is 2.55 bits per heavy atom. The van der Waals surface area contributed by atoms with Gasteiger partial charge in [0.05, 0.1) is 17.6 Å². The lowest BCUT2D eigenvalue weighted by molar-refractivity contribution is 0.0737. The average Bonchev–Trinajstić information content (AvgIpc) is 2.37. The van der Waals surface area contributed by atoms with E-state index in [0.29, 0.717) is 11.6 Å². The van der Waals surface area contributed by atoms with Crippen LogP contribution in [-0.4, -0.2) is 39.0 Å². The van der Waals surface area contributed by atoms with Crippen LogP contribution in [0.15, 0.2) is 23.1 Å². The van der Waals surface area contributed by atoms with Crippen molar-refractivity contribution in [3.05, 3.63) is 28.8 Å². The van der Waals surface area contributed by atoms with E-state index in [9.17, 15) is 8.42 Å². The lowest BCUT2D eigenvalue weighted by Gasteiger charge is -2.18. The average molecular weight is 321 g/mol. The van der Waals surface area contributed by atoms with Gasteiger partial charge in [-0.3, -0.25) is 0 Å². The smallest absolute Gasteiger partial charge is 0.242 e. The third-order valence-electron chi connectivity index (χ3n) is 2.81. The van der Waals surface area contributed by atoms with Crippen molar-refractivity contribution in [2.24, 2.45) is 5.73 Å². The lowest BCUT2D eigenvalue weighted by Crippen LogP contribution is -2.31. The number of nitrogens with two attached hydrogens (primary N) is 1. The topological polar surface area (TPSA) is 72.6 Å². The van der Waals surface area contributed by atoms with Gasteiger partial charge in [-0.25, -0.2) is 8.42 Å². The molecule has 0 unspecified atom stereocenters. The van der Waals surface area contributed by atoms with Crippen LogP contribution in [0.4, 0.5) is 0 Å². The minimum Gasteiger partial charge on any atom is -0.377 e. The fourth-order valence-electron chi connectivity index (χ4n) is 1.57. The van der Waals surface area contributed by atoms with E-state index in [-0.39, 0.29) is 24.1 Å². The highest BCUT2D eigenvalue weighted by Crippen LogP contribution is 2.22. The summed E-state index contributed by atoms with van der Waals surface area (Å²) < 4.78 is 31.3. The molecule has 0 aliphatic heterocycles. The van der Waals surface area contributed by atoms with Crippen LogP contribution in [0.1, 0.15) is 19.4 Å². The van der Waals surface area contributed by atoms with Gasteiger partial charge in [-0.05, 0) is 31.5 Å². The van der Waals surface area contributed by atoms with Crippen molar-refractivity contribution >= 4 is 21.6 Å². The molecule has 0 heterocycles. The van der Waals surface area contributed by atoms with Crippen LogP contribution < -0.4 is 5.73 Å². The number of hydrogen-bond acceptors (Lipinski definition) is 4. The van der Waals surface area contributed by atoms with Crippen molar-refractivity contribution in [3.8, 4) is 0 Å². The molecule has 0 fully saturated rings. The second-order valence-corrected chi connectivity index (χ2v) is 7.16. The number of halogens is 1. The maximum Gasteiger partial charge on any atom is 0.242 e. The Morgan fingerprint density at radius 1 is 1.40 bits per heavy atom. The molecule has 0 aliphatic carbocycles. The molecule has 0 saturated carbocycles. The van der Waals surface area contributed by atoms with Gasteiger partial charge in [0.25, 0.3) is 0 Å². The van der Waals surface area contributed by atoms with E-state index < -0.39 is 10.0 Å². The van der Waals surface area contributed by atoms with Gasteiger partial charge in [0.2, 0.25) is 10.0 Å². The monoisotopic (exact) mass is 320 g/mol. The second-order valence-electron chi connectivity index (χ2n) is 4.70. The van der Waals surface area contributed by atoms with Crippen molar-refractivity contribution in [2.75, 3.05) is 20.2 Å². The highest BCUT2D eigenvalue weighted by Gasteiger charge is 2.21. The zero-order valence-corrected chi connectivity index (χ0v) is 13.5. The first kappa shape index (κ1) is 17.4. The molecule has 7 heteroatoms. The summed E-state index contributed by atoms with van der Waals surface area (Å²) in [5.41, 5.74) is 6.22. The van der Waals surface area contributed by atoms with Gasteiger partial charge < -0.3 is 10.5 Å². The Balaban J connectivity index is 2.84. The molecule has 0 radical (unpaired) electrons. The van der Waals surface area contributed by atoms with Crippen LogP contribution >= 0.6 is 11.6 Å². The molecule has 1 aromatic rings. The lowest BCUT2D eigenvalue weighted by atomic mass is 10.2. The molecule has 0 atom stereocenters. The van der Waals surface area contributed by atoms with Crippen LogP contribution in [0.3, 0.4) is 0 Å². The van der Waals surface area contributed by atoms with E-state index in [0.717, 1.165) is 5.56 Å². The van der Waals surface area contributed by atoms with E-state index in [4.69, 9.17) is 22.1 Å². The maximum atomic E-state index is 12.3. The number of rotatable bonds is 7. The molecule has 1 aromatic carbocycles. The predicted octanol–water partition coefficient (Wildman–Crippen LogP) is 1.84. The Kier molecular flexibility index (Phi) is 6.42. The molecule has 0 bridgehead atoms. The zero-order chi connectivity index (χ0) is 15.3. The van der Waals surface area contributed by atoms with Gasteiger partial charge in [0.15, 0.2) is 0 Å². The summed E-state index contributed by atoms with van der Waals surface area (Å²) in [6.07, 6.45) is 0.0735. The molecule has 0 aromatic heterocycles. The second kappa shape index (κ2) is 7.38. The third kappa shape index (κ3) is 4.43. The highest BCUT2D eigenvalue weighted by atomic mass is 35.5. The number of likely N-dealkylation sites (N-methyl/N-ethyl adjacent to an activating group) is 1. The van der Waals surface area contributed by atoms with Gasteiger partial charge in [-0.1, -0.05) is 17.7 Å². The summed E-state index contributed by atoms with van der Waals surface area (Å²) in [6.45, 7) is 4.72. The third-order valence-corrected chi connectivity index (χ3v) is 5.01. The van der Waals surface area contributed by atoms with Gasteiger partial charge in [0, 0.05) is 25.2 Å². The number of nitrogens with zero attached hydrogens (tertiary/aromatic N) is 1. The fourth-order valence-corrected chi connectivity index (χ4v) is 3.08. The molecule has 0 saturated heterocycles. The van der Waals surface area contributed by atoms with Gasteiger partial charge in [0.1, 0.15) is 0 Å². The van der Waals surface area contributed by atoms with Gasteiger partial charge in [-0.15, -0.1) is 0 Å². The predicted molar refractivity (Wildman–Crippen MR) is 80.2 cm³/mol. The molecule has 5 nitrogen and oxygen atoms in total. The van der Waals surface area contributed by atoms with Crippen LogP contribution in [0, 0.1) is 0 Å². The molecule has 0 aliphatic rings. The van der Waals surface area contributed by atoms with Crippen molar-refractivity contribution in [1.82, 2.24) is 4.31 Å². The van der Waals surface area contributed by atoms with Crippen molar-refractivity contribution in [1.29, 1.82) is 0 Å². The Hall–Kier alpha value is -0.660. The van der Waals surface area contributed by atoms with E-state index >= 15 is 0 Å². The molecule has 114 valence electrons. The molecular weight excluding hydrogens is 300 g/mol. The molecular formula is C13H21ClN2O3S. The summed E-state index contributed by atoms with van der Waals surface area (Å²) in [4.78, 5) is 0.159. The van der Waals surface area contributed by atoms with Crippen LogP contribution in [-0.2, 0) is 21.3 Å². The van der Waals surface area contributed by atoms with E-state index in [2.05, 4.69) is 0 Å². The Labute approximate surface area is 125 Å². The molecule has 2 N–H and O–H groups in total. The van der Waals surface area contributed by atoms with Crippen LogP contribution in [0.25, 0.3) is 0 Å². The van der Waals surface area contributed by atoms with Gasteiger partial charge >= 0.3 is 0 Å². The summed E-state index contributed by atoms with van der Waals surface area (Å²) >= 11 is 6.00. The Morgan fingerprint density at radius 2 is 2.05 bits per heavy atom. The summed E-state index contributed by atoms with van der Waals surface area (Å²) in [7, 11) is -2.04. The quantitative estimate of drug-likeness (QED) is 0.832. The SMILES string of the molecule is CC(C)OCCN(C)S(=O)(=O)c1ccc(CN)c(Cl)c1. The first-order chi connectivity index (χ1) is 9.28. The summed E-state index contributed by atoms with van der Waals surface area (Å²) in [5.74, 6) is 0. The molecule has 1 rings (SSSR count). The molecule has 0 amide bonds. The summed E-state index contributed by atoms with van der Waals surface area (Å²) in [5, 5.41) is 0.361.